The molecule has 1 aromatic heterocycles. The molecule has 1 heterocycles. The number of nitrogen functional groups attached to an aromatic ring is 1. The maximum atomic E-state index is 5.82. The number of nitrogens with two attached hydrogens (primary N) is 1. The number of aromatic nitrogens is 2. The summed E-state index contributed by atoms with van der Waals surface area (Å²) in [7, 11) is 0. The highest BCUT2D eigenvalue weighted by molar-refractivity contribution is 6.30. The molecule has 0 atom stereocenters. The highest BCUT2D eigenvalue weighted by Crippen LogP contribution is 2.15. The number of hydrogen-bond acceptors (Lipinski definition) is 4. The molecule has 0 aliphatic rings. The van der Waals surface area contributed by atoms with Crippen LogP contribution in [0.4, 0.5) is 5.95 Å². The van der Waals surface area contributed by atoms with Crippen molar-refractivity contribution in [1.82, 2.24) is 9.97 Å². The third-order valence-electron chi connectivity index (χ3n) is 2.49. The molecule has 0 fully saturated rings. The van der Waals surface area contributed by atoms with Gasteiger partial charge in [0.2, 0.25) is 11.8 Å². The molecular formula is C13H14ClN3O. The predicted molar refractivity (Wildman–Crippen MR) is 71.8 cm³/mol. The quantitative estimate of drug-likeness (QED) is 0.921. The average molecular weight is 264 g/mol. The highest BCUT2D eigenvalue weighted by Gasteiger charge is 2.03. The van der Waals surface area contributed by atoms with Gasteiger partial charge in [-0.2, -0.15) is 4.98 Å². The van der Waals surface area contributed by atoms with Gasteiger partial charge in [-0.15, -0.1) is 0 Å². The van der Waals surface area contributed by atoms with Crippen LogP contribution in [0, 0.1) is 6.92 Å². The first-order valence-electron chi connectivity index (χ1n) is 5.61. The summed E-state index contributed by atoms with van der Waals surface area (Å²) in [6, 6.07) is 7.69. The second-order valence-corrected chi connectivity index (χ2v) is 4.38. The van der Waals surface area contributed by atoms with Crippen LogP contribution in [0.3, 0.4) is 0 Å². The fourth-order valence-electron chi connectivity index (χ4n) is 1.50. The zero-order valence-corrected chi connectivity index (χ0v) is 10.8. The Balaban J connectivity index is 1.92. The lowest BCUT2D eigenvalue weighted by atomic mass is 10.2. The normalized spacial score (nSPS) is 10.3. The first kappa shape index (κ1) is 12.6. The first-order valence-corrected chi connectivity index (χ1v) is 5.99. The monoisotopic (exact) mass is 263 g/mol. The van der Waals surface area contributed by atoms with Crippen LogP contribution < -0.4 is 10.5 Å². The van der Waals surface area contributed by atoms with Gasteiger partial charge in [-0.05, 0) is 24.6 Å². The third kappa shape index (κ3) is 3.34. The summed E-state index contributed by atoms with van der Waals surface area (Å²) in [4.78, 5) is 7.93. The number of ether oxygens (including phenoxy) is 1. The Bertz CT molecular complexity index is 528. The number of rotatable bonds is 4. The van der Waals surface area contributed by atoms with Crippen LogP contribution >= 0.6 is 11.6 Å². The van der Waals surface area contributed by atoms with Crippen LogP contribution in [0.15, 0.2) is 30.5 Å². The van der Waals surface area contributed by atoms with Crippen molar-refractivity contribution in [3.8, 4) is 5.88 Å². The SMILES string of the molecule is Cc1cnc(N)nc1OCCc1ccc(Cl)cc1. The molecule has 5 heteroatoms. The van der Waals surface area contributed by atoms with Gasteiger partial charge in [0.1, 0.15) is 0 Å². The lowest BCUT2D eigenvalue weighted by Gasteiger charge is -2.08. The lowest BCUT2D eigenvalue weighted by molar-refractivity contribution is 0.307. The Kier molecular flexibility index (Phi) is 3.99. The van der Waals surface area contributed by atoms with Crippen molar-refractivity contribution in [3.05, 3.63) is 46.6 Å². The zero-order valence-electron chi connectivity index (χ0n) is 10.1. The largest absolute Gasteiger partial charge is 0.477 e. The van der Waals surface area contributed by atoms with E-state index in [1.165, 1.54) is 5.56 Å². The Morgan fingerprint density at radius 1 is 1.28 bits per heavy atom. The maximum Gasteiger partial charge on any atom is 0.223 e. The van der Waals surface area contributed by atoms with E-state index in [0.29, 0.717) is 12.5 Å². The van der Waals surface area contributed by atoms with Gasteiger partial charge in [0.15, 0.2) is 0 Å². The van der Waals surface area contributed by atoms with Gasteiger partial charge in [-0.1, -0.05) is 23.7 Å². The Morgan fingerprint density at radius 2 is 2.00 bits per heavy atom. The van der Waals surface area contributed by atoms with E-state index in [1.807, 2.05) is 31.2 Å². The highest BCUT2D eigenvalue weighted by atomic mass is 35.5. The summed E-state index contributed by atoms with van der Waals surface area (Å²) in [5, 5.41) is 0.735. The Labute approximate surface area is 111 Å². The summed E-state index contributed by atoms with van der Waals surface area (Å²) in [5.74, 6) is 0.763. The van der Waals surface area contributed by atoms with Crippen molar-refractivity contribution in [3.63, 3.8) is 0 Å². The second kappa shape index (κ2) is 5.69. The van der Waals surface area contributed by atoms with Crippen molar-refractivity contribution < 1.29 is 4.74 Å². The molecule has 18 heavy (non-hydrogen) atoms. The molecule has 0 spiro atoms. The molecule has 0 bridgehead atoms. The minimum Gasteiger partial charge on any atom is -0.477 e. The van der Waals surface area contributed by atoms with E-state index in [1.54, 1.807) is 6.20 Å². The average Bonchev–Trinajstić information content (AvgIpc) is 2.36. The van der Waals surface area contributed by atoms with Crippen molar-refractivity contribution in [1.29, 1.82) is 0 Å². The number of benzene rings is 1. The van der Waals surface area contributed by atoms with Gasteiger partial charge in [0.05, 0.1) is 6.61 Å². The molecule has 0 amide bonds. The zero-order chi connectivity index (χ0) is 13.0. The molecule has 94 valence electrons. The van der Waals surface area contributed by atoms with Crippen LogP contribution in [0.2, 0.25) is 5.02 Å². The molecule has 0 aliphatic carbocycles. The van der Waals surface area contributed by atoms with Gasteiger partial charge >= 0.3 is 0 Å². The molecule has 2 aromatic rings. The van der Waals surface area contributed by atoms with E-state index < -0.39 is 0 Å². The third-order valence-corrected chi connectivity index (χ3v) is 2.74. The van der Waals surface area contributed by atoms with Gasteiger partial charge in [0.25, 0.3) is 0 Å². The molecular weight excluding hydrogens is 250 g/mol. The van der Waals surface area contributed by atoms with Crippen LogP contribution in [-0.2, 0) is 6.42 Å². The summed E-state index contributed by atoms with van der Waals surface area (Å²) in [6.45, 7) is 2.43. The summed E-state index contributed by atoms with van der Waals surface area (Å²) in [6.07, 6.45) is 2.44. The smallest absolute Gasteiger partial charge is 0.223 e. The Hall–Kier alpha value is -1.81. The van der Waals surface area contributed by atoms with Gasteiger partial charge < -0.3 is 10.5 Å². The fourth-order valence-corrected chi connectivity index (χ4v) is 1.63. The van der Waals surface area contributed by atoms with Crippen molar-refractivity contribution in [2.75, 3.05) is 12.3 Å². The lowest BCUT2D eigenvalue weighted by Crippen LogP contribution is -2.06. The number of nitrogens with zero attached hydrogens (tertiary/aromatic N) is 2. The molecule has 4 nitrogen and oxygen atoms in total. The number of halogens is 1. The number of anilines is 1. The van der Waals surface area contributed by atoms with Crippen LogP contribution in [0.25, 0.3) is 0 Å². The number of aryl methyl sites for hydroxylation is 1. The topological polar surface area (TPSA) is 61.0 Å². The van der Waals surface area contributed by atoms with Gasteiger partial charge in [-0.25, -0.2) is 4.98 Å². The molecule has 0 saturated carbocycles. The van der Waals surface area contributed by atoms with Crippen molar-refractivity contribution in [2.45, 2.75) is 13.3 Å². The molecule has 0 unspecified atom stereocenters. The van der Waals surface area contributed by atoms with E-state index in [0.717, 1.165) is 17.0 Å². The maximum absolute atomic E-state index is 5.82. The first-order chi connectivity index (χ1) is 8.65. The summed E-state index contributed by atoms with van der Waals surface area (Å²) < 4.78 is 5.59. The summed E-state index contributed by atoms with van der Waals surface area (Å²) >= 11 is 5.82. The van der Waals surface area contributed by atoms with Crippen LogP contribution in [0.5, 0.6) is 5.88 Å². The molecule has 0 radical (unpaired) electrons. The van der Waals surface area contributed by atoms with Crippen LogP contribution in [0.1, 0.15) is 11.1 Å². The molecule has 2 rings (SSSR count). The van der Waals surface area contributed by atoms with E-state index in [4.69, 9.17) is 22.1 Å². The van der Waals surface area contributed by atoms with Gasteiger partial charge in [-0.3, -0.25) is 0 Å². The van der Waals surface area contributed by atoms with Crippen molar-refractivity contribution >= 4 is 17.5 Å². The minimum absolute atomic E-state index is 0.224. The Morgan fingerprint density at radius 3 is 2.72 bits per heavy atom. The van der Waals surface area contributed by atoms with E-state index in [-0.39, 0.29) is 5.95 Å². The van der Waals surface area contributed by atoms with Gasteiger partial charge in [0, 0.05) is 23.2 Å². The fraction of sp³-hybridized carbons (Fsp3) is 0.231. The van der Waals surface area contributed by atoms with Crippen molar-refractivity contribution in [2.24, 2.45) is 0 Å². The molecule has 2 N–H and O–H groups in total. The predicted octanol–water partition coefficient (Wildman–Crippen LogP) is 2.64. The summed E-state index contributed by atoms with van der Waals surface area (Å²) in [5.41, 5.74) is 7.55. The number of hydrogen-bond donors (Lipinski definition) is 1. The van der Waals surface area contributed by atoms with E-state index in [9.17, 15) is 0 Å². The minimum atomic E-state index is 0.224. The molecule has 0 saturated heterocycles. The molecule has 1 aromatic carbocycles. The van der Waals surface area contributed by atoms with E-state index in [2.05, 4.69) is 9.97 Å². The second-order valence-electron chi connectivity index (χ2n) is 3.94. The van der Waals surface area contributed by atoms with Crippen LogP contribution in [-0.4, -0.2) is 16.6 Å². The standard InChI is InChI=1S/C13H14ClN3O/c1-9-8-16-13(15)17-12(9)18-7-6-10-2-4-11(14)5-3-10/h2-5,8H,6-7H2,1H3,(H2,15,16,17). The van der Waals surface area contributed by atoms with E-state index >= 15 is 0 Å². The molecule has 0 aliphatic heterocycles.